The largest absolute Gasteiger partial charge is 0.497 e. The number of fused-ring (bicyclic) bond motifs is 1. The van der Waals surface area contributed by atoms with E-state index < -0.39 is 5.97 Å². The van der Waals surface area contributed by atoms with Crippen molar-refractivity contribution in [2.24, 2.45) is 0 Å². The molecular formula is C26H21ClN2O5S2. The predicted molar refractivity (Wildman–Crippen MR) is 138 cm³/mol. The highest BCUT2D eigenvalue weighted by Crippen LogP contribution is 2.40. The number of carbonyl (C=O) groups excluding carboxylic acids is 1. The van der Waals surface area contributed by atoms with Gasteiger partial charge in [-0.25, -0.2) is 9.78 Å². The molecule has 0 spiro atoms. The molecule has 0 N–H and O–H groups in total. The number of esters is 1. The van der Waals surface area contributed by atoms with E-state index in [2.05, 4.69) is 0 Å². The lowest BCUT2D eigenvalue weighted by Crippen LogP contribution is -2.13. The highest BCUT2D eigenvalue weighted by atomic mass is 35.5. The molecule has 184 valence electrons. The van der Waals surface area contributed by atoms with Gasteiger partial charge in [0.25, 0.3) is 0 Å². The standard InChI is InChI=1S/C26H21ClN2O5S2/c1-31-17-8-10-19(11-9-17)35-24-23(25(30)32-2)29(26(28-24)36-18-6-4-3-5-7-18)14-16-12-21-22(13-20(16)27)34-15-33-21/h3-13H,14-15H2,1-2H3. The van der Waals surface area contributed by atoms with Crippen LogP contribution in [0.4, 0.5) is 0 Å². The van der Waals surface area contributed by atoms with Crippen molar-refractivity contribution in [3.8, 4) is 17.2 Å². The summed E-state index contributed by atoms with van der Waals surface area (Å²) in [6, 6.07) is 21.0. The van der Waals surface area contributed by atoms with Crippen LogP contribution in [0.25, 0.3) is 0 Å². The number of halogens is 1. The molecule has 0 aliphatic carbocycles. The summed E-state index contributed by atoms with van der Waals surface area (Å²) in [7, 11) is 2.98. The van der Waals surface area contributed by atoms with Gasteiger partial charge in [0.2, 0.25) is 6.79 Å². The second-order valence-electron chi connectivity index (χ2n) is 7.62. The zero-order chi connectivity index (χ0) is 25.1. The maximum Gasteiger partial charge on any atom is 0.357 e. The Morgan fingerprint density at radius 2 is 1.69 bits per heavy atom. The number of hydrogen-bond donors (Lipinski definition) is 0. The zero-order valence-electron chi connectivity index (χ0n) is 19.4. The molecule has 0 radical (unpaired) electrons. The molecule has 0 amide bonds. The molecular weight excluding hydrogens is 520 g/mol. The molecule has 7 nitrogen and oxygen atoms in total. The van der Waals surface area contributed by atoms with E-state index in [9.17, 15) is 4.79 Å². The Bertz CT molecular complexity index is 1390. The summed E-state index contributed by atoms with van der Waals surface area (Å²) in [5, 5.41) is 1.66. The average molecular weight is 541 g/mol. The van der Waals surface area contributed by atoms with Crippen molar-refractivity contribution in [1.82, 2.24) is 9.55 Å². The zero-order valence-corrected chi connectivity index (χ0v) is 21.8. The number of carbonyl (C=O) groups is 1. The first kappa shape index (κ1) is 24.4. The maximum atomic E-state index is 13.1. The fourth-order valence-electron chi connectivity index (χ4n) is 3.60. The predicted octanol–water partition coefficient (Wildman–Crippen LogP) is 6.41. The van der Waals surface area contributed by atoms with E-state index in [1.54, 1.807) is 13.2 Å². The lowest BCUT2D eigenvalue weighted by molar-refractivity contribution is 0.0583. The highest BCUT2D eigenvalue weighted by Gasteiger charge is 2.27. The van der Waals surface area contributed by atoms with Gasteiger partial charge in [-0.3, -0.25) is 0 Å². The van der Waals surface area contributed by atoms with Gasteiger partial charge in [0.05, 0.1) is 20.8 Å². The van der Waals surface area contributed by atoms with Gasteiger partial charge in [0.1, 0.15) is 10.8 Å². The highest BCUT2D eigenvalue weighted by molar-refractivity contribution is 8.00. The molecule has 2 heterocycles. The number of imidazole rings is 1. The van der Waals surface area contributed by atoms with E-state index in [4.69, 9.17) is 35.5 Å². The molecule has 1 aliphatic heterocycles. The summed E-state index contributed by atoms with van der Waals surface area (Å²) in [6.07, 6.45) is 0. The van der Waals surface area contributed by atoms with Crippen LogP contribution >= 0.6 is 35.1 Å². The maximum absolute atomic E-state index is 13.1. The molecule has 1 aliphatic rings. The smallest absolute Gasteiger partial charge is 0.357 e. The molecule has 3 aromatic carbocycles. The number of rotatable bonds is 8. The van der Waals surface area contributed by atoms with Crippen molar-refractivity contribution < 1.29 is 23.7 Å². The SMILES string of the molecule is COC(=O)c1c(Sc2ccc(OC)cc2)nc(Sc2ccccc2)n1Cc1cc2c(cc1Cl)OCO2. The summed E-state index contributed by atoms with van der Waals surface area (Å²) in [4.78, 5) is 19.8. The Hall–Kier alpha value is -3.27. The third kappa shape index (κ3) is 5.13. The van der Waals surface area contributed by atoms with Crippen molar-refractivity contribution in [2.75, 3.05) is 21.0 Å². The number of ether oxygens (including phenoxy) is 4. The van der Waals surface area contributed by atoms with Gasteiger partial charge in [0.15, 0.2) is 22.3 Å². The second kappa shape index (κ2) is 10.8. The van der Waals surface area contributed by atoms with E-state index >= 15 is 0 Å². The fraction of sp³-hybridized carbons (Fsp3) is 0.154. The molecule has 4 aromatic rings. The quantitative estimate of drug-likeness (QED) is 0.237. The molecule has 0 bridgehead atoms. The Balaban J connectivity index is 1.59. The van der Waals surface area contributed by atoms with E-state index in [1.165, 1.54) is 30.6 Å². The van der Waals surface area contributed by atoms with Crippen LogP contribution < -0.4 is 14.2 Å². The van der Waals surface area contributed by atoms with Gasteiger partial charge in [-0.2, -0.15) is 0 Å². The first-order valence-corrected chi connectivity index (χ1v) is 12.9. The number of methoxy groups -OCH3 is 2. The van der Waals surface area contributed by atoms with Crippen LogP contribution in [-0.2, 0) is 11.3 Å². The molecule has 10 heteroatoms. The molecule has 0 fully saturated rings. The van der Waals surface area contributed by atoms with Gasteiger partial charge < -0.3 is 23.5 Å². The summed E-state index contributed by atoms with van der Waals surface area (Å²) in [5.41, 5.74) is 1.10. The molecule has 0 atom stereocenters. The van der Waals surface area contributed by atoms with E-state index in [0.717, 1.165) is 21.1 Å². The van der Waals surface area contributed by atoms with Crippen LogP contribution in [0.5, 0.6) is 17.2 Å². The van der Waals surface area contributed by atoms with Gasteiger partial charge in [-0.15, -0.1) is 0 Å². The van der Waals surface area contributed by atoms with Crippen LogP contribution in [0.1, 0.15) is 16.1 Å². The third-order valence-electron chi connectivity index (χ3n) is 5.38. The van der Waals surface area contributed by atoms with Gasteiger partial charge in [-0.1, -0.05) is 53.3 Å². The van der Waals surface area contributed by atoms with Crippen molar-refractivity contribution in [3.05, 3.63) is 83.0 Å². The summed E-state index contributed by atoms with van der Waals surface area (Å²) < 4.78 is 23.2. The van der Waals surface area contributed by atoms with Crippen LogP contribution in [0, 0.1) is 0 Å². The van der Waals surface area contributed by atoms with Crippen LogP contribution in [0.3, 0.4) is 0 Å². The average Bonchev–Trinajstić information content (AvgIpc) is 3.48. The third-order valence-corrected chi connectivity index (χ3v) is 7.72. The van der Waals surface area contributed by atoms with E-state index in [1.807, 2.05) is 65.2 Å². The van der Waals surface area contributed by atoms with Crippen molar-refractivity contribution in [3.63, 3.8) is 0 Å². The number of benzene rings is 3. The minimum absolute atomic E-state index is 0.144. The monoisotopic (exact) mass is 540 g/mol. The van der Waals surface area contributed by atoms with Crippen LogP contribution in [0.2, 0.25) is 5.02 Å². The Morgan fingerprint density at radius 1 is 1.00 bits per heavy atom. The molecule has 5 rings (SSSR count). The van der Waals surface area contributed by atoms with E-state index in [0.29, 0.717) is 32.4 Å². The number of nitrogens with zero attached hydrogens (tertiary/aromatic N) is 2. The van der Waals surface area contributed by atoms with Crippen LogP contribution in [-0.4, -0.2) is 36.5 Å². The minimum atomic E-state index is -0.490. The van der Waals surface area contributed by atoms with Crippen LogP contribution in [0.15, 0.2) is 86.7 Å². The Kier molecular flexibility index (Phi) is 7.31. The molecule has 1 aromatic heterocycles. The Morgan fingerprint density at radius 3 is 2.39 bits per heavy atom. The minimum Gasteiger partial charge on any atom is -0.497 e. The lowest BCUT2D eigenvalue weighted by atomic mass is 10.2. The number of hydrogen-bond acceptors (Lipinski definition) is 8. The lowest BCUT2D eigenvalue weighted by Gasteiger charge is -2.13. The second-order valence-corrected chi connectivity index (χ2v) is 10.1. The topological polar surface area (TPSA) is 71.8 Å². The van der Waals surface area contributed by atoms with Crippen molar-refractivity contribution >= 4 is 41.1 Å². The first-order chi connectivity index (χ1) is 17.6. The van der Waals surface area contributed by atoms with Crippen molar-refractivity contribution in [1.29, 1.82) is 0 Å². The van der Waals surface area contributed by atoms with Gasteiger partial charge >= 0.3 is 5.97 Å². The summed E-state index contributed by atoms with van der Waals surface area (Å²) >= 11 is 9.43. The van der Waals surface area contributed by atoms with Gasteiger partial charge in [-0.05, 0) is 48.0 Å². The molecule has 0 unspecified atom stereocenters. The molecule has 0 saturated heterocycles. The van der Waals surface area contributed by atoms with Gasteiger partial charge in [0, 0.05) is 20.9 Å². The molecule has 36 heavy (non-hydrogen) atoms. The molecule has 0 saturated carbocycles. The summed E-state index contributed by atoms with van der Waals surface area (Å²) in [5.74, 6) is 1.46. The fourth-order valence-corrected chi connectivity index (χ4v) is 5.70. The number of aromatic nitrogens is 2. The Labute approximate surface area is 221 Å². The van der Waals surface area contributed by atoms with Crippen molar-refractivity contribution in [2.45, 2.75) is 26.5 Å². The first-order valence-electron chi connectivity index (χ1n) is 10.9. The van der Waals surface area contributed by atoms with E-state index in [-0.39, 0.29) is 13.3 Å². The summed E-state index contributed by atoms with van der Waals surface area (Å²) in [6.45, 7) is 0.427. The normalized spacial score (nSPS) is 12.0.